The Bertz CT molecular complexity index is 1570. The Balaban J connectivity index is 1.44. The topological polar surface area (TPSA) is 134 Å². The average Bonchev–Trinajstić information content (AvgIpc) is 3.79. The molecule has 2 aromatic heterocycles. The first-order valence-electron chi connectivity index (χ1n) is 13.8. The molecule has 5 rings (SSSR count). The third-order valence-corrected chi connectivity index (χ3v) is 7.48. The van der Waals surface area contributed by atoms with E-state index in [1.165, 1.54) is 16.8 Å². The first-order chi connectivity index (χ1) is 20.9. The lowest BCUT2D eigenvalue weighted by atomic mass is 10.1. The number of hydrogen-bond donors (Lipinski definition) is 1. The smallest absolute Gasteiger partial charge is 0.250 e. The minimum absolute atomic E-state index is 0.0352. The Morgan fingerprint density at radius 3 is 2.65 bits per heavy atom. The fraction of sp³-hybridized carbons (Fsp3) is 0.367. The van der Waals surface area contributed by atoms with Crippen molar-refractivity contribution in [3.63, 3.8) is 0 Å². The van der Waals surface area contributed by atoms with Gasteiger partial charge in [-0.25, -0.2) is 0 Å². The number of rotatable bonds is 12. The van der Waals surface area contributed by atoms with Crippen LogP contribution in [0.2, 0.25) is 5.02 Å². The normalized spacial score (nSPS) is 15.2. The molecule has 3 heterocycles. The van der Waals surface area contributed by atoms with E-state index in [0.717, 1.165) is 12.8 Å². The highest BCUT2D eigenvalue weighted by molar-refractivity contribution is 6.31. The molecule has 0 radical (unpaired) electrons. The van der Waals surface area contributed by atoms with Gasteiger partial charge in [-0.2, -0.15) is 4.80 Å². The number of methoxy groups -OCH3 is 2. The third-order valence-electron chi connectivity index (χ3n) is 7.11. The predicted molar refractivity (Wildman–Crippen MR) is 157 cm³/mol. The third kappa shape index (κ3) is 7.15. The maximum absolute atomic E-state index is 14.0. The Morgan fingerprint density at radius 1 is 1.14 bits per heavy atom. The van der Waals surface area contributed by atoms with Crippen LogP contribution in [0.3, 0.4) is 0 Å². The number of aromatic nitrogens is 4. The maximum atomic E-state index is 14.0. The van der Waals surface area contributed by atoms with Crippen molar-refractivity contribution in [3.05, 3.63) is 76.7 Å². The molecule has 1 aliphatic heterocycles. The second kappa shape index (κ2) is 13.7. The van der Waals surface area contributed by atoms with E-state index in [1.807, 2.05) is 6.07 Å². The molecule has 0 bridgehead atoms. The molecular weight excluding hydrogens is 576 g/mol. The SMILES string of the molecule is COc1ccc(-c2nnn(CC(=O)N(Cc3ccccc3Cl)[C@H](C(=O)NC[C@@H]3CCCO3)c3ccc(C)o3)n2)cc1OC. The number of amides is 2. The van der Waals surface area contributed by atoms with Gasteiger partial charge in [0.15, 0.2) is 17.5 Å². The molecule has 12 nitrogen and oxygen atoms in total. The summed E-state index contributed by atoms with van der Waals surface area (Å²) in [4.78, 5) is 30.4. The number of tetrazole rings is 1. The Hall–Kier alpha value is -4.42. The van der Waals surface area contributed by atoms with Crippen molar-refractivity contribution in [2.75, 3.05) is 27.4 Å². The van der Waals surface area contributed by atoms with E-state index >= 15 is 0 Å². The van der Waals surface area contributed by atoms with Crippen LogP contribution in [0.4, 0.5) is 0 Å². The molecule has 1 saturated heterocycles. The summed E-state index contributed by atoms with van der Waals surface area (Å²) in [6.07, 6.45) is 1.72. The maximum Gasteiger partial charge on any atom is 0.250 e. The second-order valence-corrected chi connectivity index (χ2v) is 10.5. The van der Waals surface area contributed by atoms with Crippen LogP contribution in [0.5, 0.6) is 11.5 Å². The van der Waals surface area contributed by atoms with Crippen LogP contribution >= 0.6 is 11.6 Å². The minimum atomic E-state index is -1.09. The van der Waals surface area contributed by atoms with Crippen LogP contribution in [0.1, 0.15) is 36.0 Å². The van der Waals surface area contributed by atoms with Gasteiger partial charge in [0, 0.05) is 30.3 Å². The van der Waals surface area contributed by atoms with E-state index < -0.39 is 17.9 Å². The molecule has 0 aliphatic carbocycles. The van der Waals surface area contributed by atoms with Crippen molar-refractivity contribution in [2.45, 2.75) is 45.0 Å². The highest BCUT2D eigenvalue weighted by atomic mass is 35.5. The Kier molecular flexibility index (Phi) is 9.58. The lowest BCUT2D eigenvalue weighted by Gasteiger charge is -2.30. The average molecular weight is 609 g/mol. The van der Waals surface area contributed by atoms with Crippen LogP contribution in [-0.2, 0) is 27.4 Å². The number of carbonyl (C=O) groups excluding carboxylic acids is 2. The first-order valence-corrected chi connectivity index (χ1v) is 14.2. The zero-order valence-corrected chi connectivity index (χ0v) is 24.9. The molecule has 2 atom stereocenters. The molecule has 1 aliphatic rings. The highest BCUT2D eigenvalue weighted by Crippen LogP contribution is 2.31. The van der Waals surface area contributed by atoms with Gasteiger partial charge >= 0.3 is 0 Å². The summed E-state index contributed by atoms with van der Waals surface area (Å²) in [5, 5.41) is 16.1. The number of benzene rings is 2. The van der Waals surface area contributed by atoms with Crippen LogP contribution in [0.25, 0.3) is 11.4 Å². The highest BCUT2D eigenvalue weighted by Gasteiger charge is 2.35. The minimum Gasteiger partial charge on any atom is -0.493 e. The first kappa shape index (κ1) is 30.1. The monoisotopic (exact) mass is 608 g/mol. The van der Waals surface area contributed by atoms with Gasteiger partial charge in [0.25, 0.3) is 5.91 Å². The number of aryl methyl sites for hydroxylation is 1. The molecule has 0 saturated carbocycles. The van der Waals surface area contributed by atoms with Gasteiger partial charge in [0.2, 0.25) is 11.7 Å². The molecule has 4 aromatic rings. The Morgan fingerprint density at radius 2 is 1.95 bits per heavy atom. The summed E-state index contributed by atoms with van der Waals surface area (Å²) in [7, 11) is 3.08. The van der Waals surface area contributed by atoms with Crippen LogP contribution in [-0.4, -0.2) is 70.4 Å². The van der Waals surface area contributed by atoms with Crippen molar-refractivity contribution in [1.82, 2.24) is 30.4 Å². The molecule has 2 aromatic carbocycles. The van der Waals surface area contributed by atoms with E-state index in [1.54, 1.807) is 62.6 Å². The fourth-order valence-corrected chi connectivity index (χ4v) is 5.08. The van der Waals surface area contributed by atoms with Gasteiger partial charge in [-0.15, -0.1) is 10.2 Å². The molecule has 1 N–H and O–H groups in total. The number of carbonyl (C=O) groups is 2. The van der Waals surface area contributed by atoms with E-state index in [-0.39, 0.29) is 19.2 Å². The summed E-state index contributed by atoms with van der Waals surface area (Å²) < 4.78 is 22.3. The quantitative estimate of drug-likeness (QED) is 0.253. The molecule has 2 amide bonds. The van der Waals surface area contributed by atoms with E-state index in [4.69, 9.17) is 30.2 Å². The number of hydrogen-bond acceptors (Lipinski definition) is 9. The number of ether oxygens (including phenoxy) is 3. The summed E-state index contributed by atoms with van der Waals surface area (Å²) in [5.41, 5.74) is 1.29. The predicted octanol–water partition coefficient (Wildman–Crippen LogP) is 3.98. The Labute approximate surface area is 253 Å². The molecule has 0 spiro atoms. The van der Waals surface area contributed by atoms with E-state index in [2.05, 4.69) is 20.7 Å². The summed E-state index contributed by atoms with van der Waals surface area (Å²) in [6.45, 7) is 2.50. The van der Waals surface area contributed by atoms with Crippen molar-refractivity contribution in [3.8, 4) is 22.9 Å². The summed E-state index contributed by atoms with van der Waals surface area (Å²) >= 11 is 6.49. The molecule has 13 heteroatoms. The fourth-order valence-electron chi connectivity index (χ4n) is 4.89. The number of nitrogens with zero attached hydrogens (tertiary/aromatic N) is 5. The number of nitrogens with one attached hydrogen (secondary N) is 1. The lowest BCUT2D eigenvalue weighted by Crippen LogP contribution is -2.46. The van der Waals surface area contributed by atoms with Crippen molar-refractivity contribution >= 4 is 23.4 Å². The number of halogens is 1. The zero-order valence-electron chi connectivity index (χ0n) is 24.2. The van der Waals surface area contributed by atoms with Gasteiger partial charge in [-0.3, -0.25) is 9.59 Å². The lowest BCUT2D eigenvalue weighted by molar-refractivity contribution is -0.143. The molecule has 1 fully saturated rings. The zero-order chi connectivity index (χ0) is 30.3. The molecule has 226 valence electrons. The standard InChI is InChI=1S/C30H33ClN6O6/c1-19-10-12-25(43-19)28(30(39)32-16-22-8-6-14-42-22)36(17-21-7-4-5-9-23(21)31)27(38)18-37-34-29(33-35-37)20-11-13-24(40-2)26(15-20)41-3/h4-5,7,9-13,15,22,28H,6,8,14,16-18H2,1-3H3,(H,32,39)/t22-,28-/m0/s1. The van der Waals surface area contributed by atoms with Crippen molar-refractivity contribution < 1.29 is 28.2 Å². The van der Waals surface area contributed by atoms with Crippen molar-refractivity contribution in [1.29, 1.82) is 0 Å². The van der Waals surface area contributed by atoms with Crippen LogP contribution in [0.15, 0.2) is 59.0 Å². The number of furan rings is 1. The largest absolute Gasteiger partial charge is 0.493 e. The molecular formula is C30H33ClN6O6. The molecule has 0 unspecified atom stereocenters. The van der Waals surface area contributed by atoms with Crippen LogP contribution in [0, 0.1) is 6.92 Å². The van der Waals surface area contributed by atoms with Gasteiger partial charge in [0.05, 0.1) is 20.3 Å². The van der Waals surface area contributed by atoms with E-state index in [0.29, 0.717) is 58.1 Å². The van der Waals surface area contributed by atoms with Crippen LogP contribution < -0.4 is 14.8 Å². The molecule has 43 heavy (non-hydrogen) atoms. The van der Waals surface area contributed by atoms with Gasteiger partial charge in [-0.05, 0) is 66.9 Å². The summed E-state index contributed by atoms with van der Waals surface area (Å²) in [5.74, 6) is 1.43. The van der Waals surface area contributed by atoms with Gasteiger partial charge in [-0.1, -0.05) is 29.8 Å². The van der Waals surface area contributed by atoms with Crippen molar-refractivity contribution in [2.24, 2.45) is 0 Å². The van der Waals surface area contributed by atoms with E-state index in [9.17, 15) is 9.59 Å². The second-order valence-electron chi connectivity index (χ2n) is 10.1. The summed E-state index contributed by atoms with van der Waals surface area (Å²) in [6, 6.07) is 14.7. The van der Waals surface area contributed by atoms with Gasteiger partial charge in [0.1, 0.15) is 18.1 Å². The van der Waals surface area contributed by atoms with Gasteiger partial charge < -0.3 is 28.8 Å².